The largest absolute Gasteiger partial charge is 0.486 e. The fourth-order valence-electron chi connectivity index (χ4n) is 2.37. The molecule has 0 fully saturated rings. The smallest absolute Gasteiger partial charge is 0.328 e. The number of carbonyl (C=O) groups is 1. The van der Waals surface area contributed by atoms with Gasteiger partial charge in [-0.15, -0.1) is 0 Å². The van der Waals surface area contributed by atoms with Gasteiger partial charge in [-0.1, -0.05) is 6.08 Å². The minimum Gasteiger partial charge on any atom is -0.486 e. The molecule has 1 unspecified atom stereocenters. The lowest BCUT2D eigenvalue weighted by Gasteiger charge is -2.20. The maximum Gasteiger partial charge on any atom is 0.328 e. The molecule has 1 N–H and O–H groups in total. The summed E-state index contributed by atoms with van der Waals surface area (Å²) in [6, 6.07) is 3.50. The highest BCUT2D eigenvalue weighted by Crippen LogP contribution is 2.39. The third kappa shape index (κ3) is 3.18. The number of rotatable bonds is 4. The number of ether oxygens (including phenoxy) is 3. The molecule has 1 aromatic carbocycles. The van der Waals surface area contributed by atoms with Crippen LogP contribution in [0, 0.1) is 0 Å². The summed E-state index contributed by atoms with van der Waals surface area (Å²) < 4.78 is 16.6. The summed E-state index contributed by atoms with van der Waals surface area (Å²) >= 11 is 0. The van der Waals surface area contributed by atoms with E-state index in [9.17, 15) is 4.79 Å². The minimum atomic E-state index is -1.00. The van der Waals surface area contributed by atoms with E-state index in [0.29, 0.717) is 22.8 Å². The van der Waals surface area contributed by atoms with Crippen LogP contribution in [0.15, 0.2) is 30.4 Å². The molecule has 2 aliphatic rings. The lowest BCUT2D eigenvalue weighted by molar-refractivity contribution is -0.131. The van der Waals surface area contributed by atoms with E-state index in [1.54, 1.807) is 12.1 Å². The van der Waals surface area contributed by atoms with Crippen LogP contribution < -0.4 is 14.2 Å². The molecule has 21 heavy (non-hydrogen) atoms. The molecule has 1 heterocycles. The summed E-state index contributed by atoms with van der Waals surface area (Å²) in [5, 5.41) is 8.79. The summed E-state index contributed by atoms with van der Waals surface area (Å²) in [4.78, 5) is 10.7. The van der Waals surface area contributed by atoms with Gasteiger partial charge in [-0.05, 0) is 37.5 Å². The maximum absolute atomic E-state index is 10.7. The number of fused-ring (bicyclic) bond motifs is 1. The minimum absolute atomic E-state index is 0.0103. The first-order chi connectivity index (χ1) is 10.2. The van der Waals surface area contributed by atoms with E-state index >= 15 is 0 Å². The van der Waals surface area contributed by atoms with E-state index in [4.69, 9.17) is 19.3 Å². The zero-order valence-electron chi connectivity index (χ0n) is 11.5. The van der Waals surface area contributed by atoms with Crippen molar-refractivity contribution in [3.63, 3.8) is 0 Å². The van der Waals surface area contributed by atoms with Crippen LogP contribution in [0.3, 0.4) is 0 Å². The highest BCUT2D eigenvalue weighted by atomic mass is 16.7. The Bertz CT molecular complexity index is 603. The van der Waals surface area contributed by atoms with Crippen molar-refractivity contribution in [3.8, 4) is 17.2 Å². The molecule has 0 aromatic heterocycles. The Morgan fingerprint density at radius 2 is 2.14 bits per heavy atom. The second kappa shape index (κ2) is 5.91. The Morgan fingerprint density at radius 1 is 1.33 bits per heavy atom. The number of benzene rings is 1. The number of allylic oxidation sites excluding steroid dienone is 1. The van der Waals surface area contributed by atoms with Crippen molar-refractivity contribution in [1.29, 1.82) is 0 Å². The summed E-state index contributed by atoms with van der Waals surface area (Å²) in [7, 11) is 0. The van der Waals surface area contributed by atoms with Crippen molar-refractivity contribution in [2.45, 2.75) is 25.4 Å². The van der Waals surface area contributed by atoms with Crippen LogP contribution in [0.2, 0.25) is 0 Å². The fourth-order valence-corrected chi connectivity index (χ4v) is 2.37. The highest BCUT2D eigenvalue weighted by molar-refractivity contribution is 5.86. The van der Waals surface area contributed by atoms with E-state index in [1.165, 1.54) is 6.08 Å². The van der Waals surface area contributed by atoms with Gasteiger partial charge in [0.05, 0.1) is 0 Å². The summed E-state index contributed by atoms with van der Waals surface area (Å²) in [5.41, 5.74) is 0.667. The van der Waals surface area contributed by atoms with Gasteiger partial charge in [0.2, 0.25) is 6.79 Å². The Balaban J connectivity index is 1.90. The monoisotopic (exact) mass is 288 g/mol. The molecular weight excluding hydrogens is 272 g/mol. The zero-order valence-corrected chi connectivity index (χ0v) is 11.5. The molecule has 0 radical (unpaired) electrons. The first-order valence-corrected chi connectivity index (χ1v) is 6.90. The van der Waals surface area contributed by atoms with Gasteiger partial charge in [-0.3, -0.25) is 0 Å². The van der Waals surface area contributed by atoms with E-state index in [0.717, 1.165) is 25.3 Å². The van der Waals surface area contributed by atoms with Crippen LogP contribution in [0.25, 0.3) is 6.08 Å². The molecule has 1 aliphatic carbocycles. The van der Waals surface area contributed by atoms with Gasteiger partial charge < -0.3 is 19.3 Å². The molecule has 1 atom stereocenters. The Kier molecular flexibility index (Phi) is 3.81. The van der Waals surface area contributed by atoms with Crippen LogP contribution in [-0.4, -0.2) is 24.0 Å². The van der Waals surface area contributed by atoms with Gasteiger partial charge in [-0.25, -0.2) is 4.79 Å². The normalized spacial score (nSPS) is 19.9. The zero-order chi connectivity index (χ0) is 14.7. The number of hydrogen-bond acceptors (Lipinski definition) is 4. The molecular formula is C16H16O5. The van der Waals surface area contributed by atoms with Crippen molar-refractivity contribution in [3.05, 3.63) is 35.9 Å². The predicted octanol–water partition coefficient (Wildman–Crippen LogP) is 3.00. The third-order valence-electron chi connectivity index (χ3n) is 3.40. The fraction of sp³-hybridized carbons (Fsp3) is 0.312. The van der Waals surface area contributed by atoms with Crippen molar-refractivity contribution >= 4 is 12.0 Å². The Hall–Kier alpha value is -2.43. The highest BCUT2D eigenvalue weighted by Gasteiger charge is 2.19. The molecule has 5 nitrogen and oxygen atoms in total. The Labute approximate surface area is 122 Å². The first kappa shape index (κ1) is 13.5. The average molecular weight is 288 g/mol. The van der Waals surface area contributed by atoms with E-state index < -0.39 is 5.97 Å². The van der Waals surface area contributed by atoms with Gasteiger partial charge in [0.1, 0.15) is 11.9 Å². The molecule has 3 rings (SSSR count). The van der Waals surface area contributed by atoms with Gasteiger partial charge in [-0.2, -0.15) is 0 Å². The average Bonchev–Trinajstić information content (AvgIpc) is 2.93. The van der Waals surface area contributed by atoms with Crippen LogP contribution in [0.5, 0.6) is 17.2 Å². The SMILES string of the molecule is O=C(O)/C=C/c1cc2c(cc1OC1C=CCCC1)OCO2. The Morgan fingerprint density at radius 3 is 2.86 bits per heavy atom. The lowest BCUT2D eigenvalue weighted by Crippen LogP contribution is -2.16. The van der Waals surface area contributed by atoms with Crippen molar-refractivity contribution in [1.82, 2.24) is 0 Å². The molecule has 110 valence electrons. The third-order valence-corrected chi connectivity index (χ3v) is 3.40. The molecule has 0 saturated carbocycles. The van der Waals surface area contributed by atoms with Gasteiger partial charge in [0, 0.05) is 17.7 Å². The van der Waals surface area contributed by atoms with Gasteiger partial charge in [0.25, 0.3) is 0 Å². The van der Waals surface area contributed by atoms with Crippen molar-refractivity contribution in [2.24, 2.45) is 0 Å². The molecule has 0 amide bonds. The van der Waals surface area contributed by atoms with Gasteiger partial charge >= 0.3 is 5.97 Å². The van der Waals surface area contributed by atoms with E-state index in [2.05, 4.69) is 6.08 Å². The topological polar surface area (TPSA) is 65.0 Å². The second-order valence-electron chi connectivity index (χ2n) is 4.93. The molecule has 0 spiro atoms. The van der Waals surface area contributed by atoms with Crippen LogP contribution in [0.4, 0.5) is 0 Å². The number of carboxylic acid groups (broad SMARTS) is 1. The van der Waals surface area contributed by atoms with Gasteiger partial charge in [0.15, 0.2) is 11.5 Å². The van der Waals surface area contributed by atoms with Crippen LogP contribution in [-0.2, 0) is 4.79 Å². The number of aliphatic carboxylic acids is 1. The predicted molar refractivity (Wildman–Crippen MR) is 76.6 cm³/mol. The van der Waals surface area contributed by atoms with Crippen molar-refractivity contribution in [2.75, 3.05) is 6.79 Å². The van der Waals surface area contributed by atoms with Crippen LogP contribution in [0.1, 0.15) is 24.8 Å². The second-order valence-corrected chi connectivity index (χ2v) is 4.93. The lowest BCUT2D eigenvalue weighted by atomic mass is 10.0. The van der Waals surface area contributed by atoms with E-state index in [-0.39, 0.29) is 12.9 Å². The summed E-state index contributed by atoms with van der Waals surface area (Å²) in [6.07, 6.45) is 9.86. The number of hydrogen-bond donors (Lipinski definition) is 1. The number of carboxylic acids is 1. The molecule has 0 bridgehead atoms. The molecule has 1 aliphatic heterocycles. The summed E-state index contributed by atoms with van der Waals surface area (Å²) in [5.74, 6) is 0.827. The molecule has 0 saturated heterocycles. The quantitative estimate of drug-likeness (QED) is 0.681. The maximum atomic E-state index is 10.7. The standard InChI is InChI=1S/C16H16O5/c17-16(18)7-6-11-8-14-15(20-10-19-14)9-13(11)21-12-4-2-1-3-5-12/h2,4,6-9,12H,1,3,5,10H2,(H,17,18)/b7-6+. The van der Waals surface area contributed by atoms with E-state index in [1.807, 2.05) is 6.08 Å². The van der Waals surface area contributed by atoms with Crippen LogP contribution >= 0.6 is 0 Å². The summed E-state index contributed by atoms with van der Waals surface area (Å²) in [6.45, 7) is 0.171. The first-order valence-electron chi connectivity index (χ1n) is 6.90. The van der Waals surface area contributed by atoms with Crippen molar-refractivity contribution < 1.29 is 24.1 Å². The molecule has 5 heteroatoms. The molecule has 1 aromatic rings.